The van der Waals surface area contributed by atoms with Gasteiger partial charge < -0.3 is 4.74 Å². The number of unbranched alkanes of at least 4 members (excludes halogenated alkanes) is 1. The number of carbonyl (C=O) groups excluding carboxylic acids is 1. The van der Waals surface area contributed by atoms with E-state index in [0.717, 1.165) is 18.4 Å². The third-order valence-corrected chi connectivity index (χ3v) is 3.81. The fourth-order valence-electron chi connectivity index (χ4n) is 1.39. The summed E-state index contributed by atoms with van der Waals surface area (Å²) in [6.45, 7) is 3.93. The van der Waals surface area contributed by atoms with Gasteiger partial charge in [-0.15, -0.1) is 0 Å². The maximum atomic E-state index is 11.9. The van der Waals surface area contributed by atoms with Crippen LogP contribution in [0.2, 0.25) is 0 Å². The first kappa shape index (κ1) is 16.2. The molecule has 0 aliphatic rings. The minimum absolute atomic E-state index is 0.0292. The molecule has 1 N–H and O–H groups in total. The van der Waals surface area contributed by atoms with Crippen molar-refractivity contribution in [3.8, 4) is 0 Å². The minimum atomic E-state index is -3.87. The summed E-state index contributed by atoms with van der Waals surface area (Å²) in [5.74, 6) is 0. The van der Waals surface area contributed by atoms with E-state index in [-0.39, 0.29) is 11.5 Å². The first-order valence-corrected chi connectivity index (χ1v) is 7.85. The van der Waals surface area contributed by atoms with Crippen LogP contribution in [0.4, 0.5) is 4.79 Å². The molecule has 0 unspecified atom stereocenters. The Labute approximate surface area is 119 Å². The van der Waals surface area contributed by atoms with E-state index in [1.54, 1.807) is 18.2 Å². The number of aryl methyl sites for hydroxylation is 1. The zero-order chi connectivity index (χ0) is 15.0. The summed E-state index contributed by atoms with van der Waals surface area (Å²) in [5, 5.41) is 0. The molecule has 0 fully saturated rings. The lowest BCUT2D eigenvalue weighted by atomic mass is 10.2. The Morgan fingerprint density at radius 2 is 1.90 bits per heavy atom. The van der Waals surface area contributed by atoms with Gasteiger partial charge in [0.1, 0.15) is 6.61 Å². The number of hydrogen-bond donors (Lipinski definition) is 1. The summed E-state index contributed by atoms with van der Waals surface area (Å²) in [5.41, 5.74) is 0.938. The zero-order valence-corrected chi connectivity index (χ0v) is 12.4. The molecule has 0 atom stereocenters. The molecule has 1 rings (SSSR count). The molecule has 0 aliphatic carbocycles. The Bertz CT molecular complexity index is 561. The lowest BCUT2D eigenvalue weighted by molar-refractivity contribution is 0.165. The molecule has 6 heteroatoms. The first-order valence-electron chi connectivity index (χ1n) is 6.37. The predicted octanol–water partition coefficient (Wildman–Crippen LogP) is 2.77. The van der Waals surface area contributed by atoms with Crippen molar-refractivity contribution in [3.63, 3.8) is 0 Å². The van der Waals surface area contributed by atoms with E-state index in [1.165, 1.54) is 12.1 Å². The van der Waals surface area contributed by atoms with Gasteiger partial charge in [0.05, 0.1) is 4.90 Å². The molecule has 0 aliphatic heterocycles. The molecule has 0 spiro atoms. The second kappa shape index (κ2) is 7.69. The molecule has 1 aromatic rings. The van der Waals surface area contributed by atoms with Crippen LogP contribution in [-0.4, -0.2) is 21.1 Å². The highest BCUT2D eigenvalue weighted by atomic mass is 32.2. The van der Waals surface area contributed by atoms with Gasteiger partial charge in [-0.2, -0.15) is 0 Å². The fourth-order valence-corrected chi connectivity index (χ4v) is 2.28. The molecule has 0 bridgehead atoms. The number of nitrogens with one attached hydrogen (secondary N) is 1. The third kappa shape index (κ3) is 5.44. The van der Waals surface area contributed by atoms with E-state index in [4.69, 9.17) is 4.74 Å². The van der Waals surface area contributed by atoms with Gasteiger partial charge in [0.2, 0.25) is 0 Å². The second-order valence-electron chi connectivity index (χ2n) is 4.28. The van der Waals surface area contributed by atoms with Gasteiger partial charge in [0, 0.05) is 0 Å². The summed E-state index contributed by atoms with van der Waals surface area (Å²) in [6.07, 6.45) is 4.48. The number of ether oxygens (including phenoxy) is 1. The van der Waals surface area contributed by atoms with E-state index in [9.17, 15) is 13.2 Å². The smallest absolute Gasteiger partial charge is 0.421 e. The molecule has 0 aromatic heterocycles. The zero-order valence-electron chi connectivity index (χ0n) is 11.6. The van der Waals surface area contributed by atoms with Gasteiger partial charge >= 0.3 is 6.09 Å². The lowest BCUT2D eigenvalue weighted by Gasteiger charge is -2.07. The number of rotatable bonds is 6. The van der Waals surface area contributed by atoms with Crippen molar-refractivity contribution in [2.75, 3.05) is 6.61 Å². The Kier molecular flexibility index (Phi) is 6.24. The van der Waals surface area contributed by atoms with Crippen molar-refractivity contribution in [2.45, 2.75) is 31.6 Å². The molecule has 0 radical (unpaired) electrons. The van der Waals surface area contributed by atoms with E-state index >= 15 is 0 Å². The molecule has 1 aromatic carbocycles. The van der Waals surface area contributed by atoms with Gasteiger partial charge in [-0.1, -0.05) is 43.2 Å². The summed E-state index contributed by atoms with van der Waals surface area (Å²) >= 11 is 0. The Balaban J connectivity index is 2.54. The molecular weight excluding hydrogens is 278 g/mol. The van der Waals surface area contributed by atoms with Crippen molar-refractivity contribution in [2.24, 2.45) is 0 Å². The van der Waals surface area contributed by atoms with Crippen LogP contribution in [0.3, 0.4) is 0 Å². The second-order valence-corrected chi connectivity index (χ2v) is 5.96. The summed E-state index contributed by atoms with van der Waals surface area (Å²) < 4.78 is 30.3. The standard InChI is InChI=1S/C14H19NO4S/c1-3-4-5-6-11-19-14(16)15-20(17,18)13-9-7-12(2)8-10-13/h5-10H,3-4,11H2,1-2H3,(H,15,16)/b6-5+. The van der Waals surface area contributed by atoms with Crippen LogP contribution in [0.25, 0.3) is 0 Å². The van der Waals surface area contributed by atoms with Gasteiger partial charge in [-0.05, 0) is 25.5 Å². The van der Waals surface area contributed by atoms with Crippen LogP contribution in [0.15, 0.2) is 41.3 Å². The largest absolute Gasteiger partial charge is 0.445 e. The molecular formula is C14H19NO4S. The molecule has 0 saturated heterocycles. The number of sulfonamides is 1. The van der Waals surface area contributed by atoms with E-state index in [1.807, 2.05) is 24.6 Å². The van der Waals surface area contributed by atoms with Crippen LogP contribution in [0.5, 0.6) is 0 Å². The fraction of sp³-hybridized carbons (Fsp3) is 0.357. The number of carbonyl (C=O) groups is 1. The summed E-state index contributed by atoms with van der Waals surface area (Å²) in [7, 11) is -3.87. The van der Waals surface area contributed by atoms with Crippen molar-refractivity contribution in [1.29, 1.82) is 0 Å². The highest BCUT2D eigenvalue weighted by molar-refractivity contribution is 7.90. The Morgan fingerprint density at radius 1 is 1.25 bits per heavy atom. The maximum absolute atomic E-state index is 11.9. The predicted molar refractivity (Wildman–Crippen MR) is 76.9 cm³/mol. The average molecular weight is 297 g/mol. The van der Waals surface area contributed by atoms with Crippen molar-refractivity contribution in [3.05, 3.63) is 42.0 Å². The van der Waals surface area contributed by atoms with Crippen LogP contribution in [0.1, 0.15) is 25.3 Å². The maximum Gasteiger partial charge on any atom is 0.421 e. The SMILES string of the molecule is CCC/C=C/COC(=O)NS(=O)(=O)c1ccc(C)cc1. The lowest BCUT2D eigenvalue weighted by Crippen LogP contribution is -2.31. The number of amides is 1. The minimum Gasteiger partial charge on any atom is -0.445 e. The number of benzene rings is 1. The Hall–Kier alpha value is -1.82. The molecule has 0 saturated carbocycles. The highest BCUT2D eigenvalue weighted by Crippen LogP contribution is 2.09. The van der Waals surface area contributed by atoms with Crippen LogP contribution >= 0.6 is 0 Å². The van der Waals surface area contributed by atoms with Crippen molar-refractivity contribution in [1.82, 2.24) is 4.72 Å². The van der Waals surface area contributed by atoms with Gasteiger partial charge in [-0.25, -0.2) is 17.9 Å². The molecule has 1 amide bonds. The quantitative estimate of drug-likeness (QED) is 0.819. The molecule has 5 nitrogen and oxygen atoms in total. The third-order valence-electron chi connectivity index (χ3n) is 2.48. The molecule has 20 heavy (non-hydrogen) atoms. The topological polar surface area (TPSA) is 72.5 Å². The van der Waals surface area contributed by atoms with Crippen LogP contribution in [-0.2, 0) is 14.8 Å². The van der Waals surface area contributed by atoms with Gasteiger partial charge in [0.15, 0.2) is 0 Å². The Morgan fingerprint density at radius 3 is 2.50 bits per heavy atom. The summed E-state index contributed by atoms with van der Waals surface area (Å²) in [6, 6.07) is 6.19. The number of hydrogen-bond acceptors (Lipinski definition) is 4. The first-order chi connectivity index (χ1) is 9.45. The summed E-state index contributed by atoms with van der Waals surface area (Å²) in [4.78, 5) is 11.4. The van der Waals surface area contributed by atoms with Crippen molar-refractivity contribution < 1.29 is 17.9 Å². The average Bonchev–Trinajstić information content (AvgIpc) is 2.38. The van der Waals surface area contributed by atoms with Crippen LogP contribution in [0, 0.1) is 6.92 Å². The normalized spacial score (nSPS) is 11.5. The van der Waals surface area contributed by atoms with Gasteiger partial charge in [-0.3, -0.25) is 0 Å². The van der Waals surface area contributed by atoms with E-state index < -0.39 is 16.1 Å². The number of allylic oxidation sites excluding steroid dienone is 1. The molecule has 110 valence electrons. The van der Waals surface area contributed by atoms with E-state index in [0.29, 0.717) is 0 Å². The highest BCUT2D eigenvalue weighted by Gasteiger charge is 2.17. The van der Waals surface area contributed by atoms with Crippen molar-refractivity contribution >= 4 is 16.1 Å². The van der Waals surface area contributed by atoms with Crippen LogP contribution < -0.4 is 4.72 Å². The van der Waals surface area contributed by atoms with E-state index in [2.05, 4.69) is 0 Å². The monoisotopic (exact) mass is 297 g/mol. The van der Waals surface area contributed by atoms with Gasteiger partial charge in [0.25, 0.3) is 10.0 Å². The molecule has 0 heterocycles.